The van der Waals surface area contributed by atoms with Gasteiger partial charge >= 0.3 is 6.18 Å². The van der Waals surface area contributed by atoms with Gasteiger partial charge in [0.2, 0.25) is 6.54 Å². The van der Waals surface area contributed by atoms with Crippen molar-refractivity contribution < 1.29 is 17.6 Å². The molecule has 74 valence electrons. The molecule has 0 unspecified atom stereocenters. The lowest BCUT2D eigenvalue weighted by atomic mass is 10.1. The van der Waals surface area contributed by atoms with Gasteiger partial charge in [0.15, 0.2) is 0 Å². The summed E-state index contributed by atoms with van der Waals surface area (Å²) in [6.07, 6.45) is -4.71. The van der Waals surface area contributed by atoms with Crippen molar-refractivity contribution in [3.05, 3.63) is 46.6 Å². The van der Waals surface area contributed by atoms with Crippen LogP contribution >= 0.6 is 0 Å². The SMILES string of the molecule is [C-]#[N+]Cc1cccc(C(F)(F)F)c1F. The lowest BCUT2D eigenvalue weighted by Crippen LogP contribution is -2.09. The maximum atomic E-state index is 13.1. The maximum Gasteiger partial charge on any atom is 0.419 e. The molecule has 1 aromatic carbocycles. The molecule has 0 atom stereocenters. The fourth-order valence-electron chi connectivity index (χ4n) is 1.01. The third-order valence-corrected chi connectivity index (χ3v) is 1.63. The second-order valence-corrected chi connectivity index (χ2v) is 2.59. The summed E-state index contributed by atoms with van der Waals surface area (Å²) in [5.41, 5.74) is -1.55. The molecule has 0 spiro atoms. The van der Waals surface area contributed by atoms with E-state index >= 15 is 0 Å². The van der Waals surface area contributed by atoms with Crippen LogP contribution in [0.25, 0.3) is 4.85 Å². The van der Waals surface area contributed by atoms with Gasteiger partial charge in [0, 0.05) is 0 Å². The highest BCUT2D eigenvalue weighted by atomic mass is 19.4. The standard InChI is InChI=1S/C9H5F4N/c1-14-5-6-3-2-4-7(8(6)10)9(11,12)13/h2-4H,5H2. The molecule has 0 fully saturated rings. The number of rotatable bonds is 1. The Kier molecular flexibility index (Phi) is 2.75. The van der Waals surface area contributed by atoms with Crippen molar-refractivity contribution in [1.82, 2.24) is 0 Å². The number of hydrogen-bond acceptors (Lipinski definition) is 0. The minimum absolute atomic E-state index is 0.227. The van der Waals surface area contributed by atoms with Crippen molar-refractivity contribution in [2.45, 2.75) is 12.7 Å². The number of benzene rings is 1. The van der Waals surface area contributed by atoms with Crippen LogP contribution in [0.3, 0.4) is 0 Å². The van der Waals surface area contributed by atoms with Crippen LogP contribution in [0.15, 0.2) is 18.2 Å². The third-order valence-electron chi connectivity index (χ3n) is 1.63. The quantitative estimate of drug-likeness (QED) is 0.487. The van der Waals surface area contributed by atoms with Gasteiger partial charge in [0.05, 0.1) is 11.1 Å². The van der Waals surface area contributed by atoms with Gasteiger partial charge in [0.1, 0.15) is 5.82 Å². The van der Waals surface area contributed by atoms with Gasteiger partial charge < -0.3 is 4.85 Å². The highest BCUT2D eigenvalue weighted by molar-refractivity contribution is 5.28. The Balaban J connectivity index is 3.22. The van der Waals surface area contributed by atoms with E-state index in [4.69, 9.17) is 6.57 Å². The molecular formula is C9H5F4N. The van der Waals surface area contributed by atoms with Crippen molar-refractivity contribution >= 4 is 0 Å². The topological polar surface area (TPSA) is 4.36 Å². The summed E-state index contributed by atoms with van der Waals surface area (Å²) < 4.78 is 49.5. The largest absolute Gasteiger partial charge is 0.419 e. The van der Waals surface area contributed by atoms with Gasteiger partial charge in [-0.3, -0.25) is 0 Å². The average Bonchev–Trinajstić information content (AvgIpc) is 2.07. The first kappa shape index (κ1) is 10.5. The normalized spacial score (nSPS) is 11.1. The minimum Gasteiger partial charge on any atom is -0.312 e. The zero-order valence-electron chi connectivity index (χ0n) is 6.90. The molecule has 1 aromatic rings. The van der Waals surface area contributed by atoms with Crippen molar-refractivity contribution in [3.8, 4) is 0 Å². The Hall–Kier alpha value is -1.57. The molecule has 0 N–H and O–H groups in total. The van der Waals surface area contributed by atoms with E-state index in [2.05, 4.69) is 4.85 Å². The Morgan fingerprint density at radius 3 is 2.43 bits per heavy atom. The van der Waals surface area contributed by atoms with Gasteiger partial charge in [-0.2, -0.15) is 13.2 Å². The summed E-state index contributed by atoms with van der Waals surface area (Å²) in [6, 6.07) is 2.91. The fraction of sp³-hybridized carbons (Fsp3) is 0.222. The molecular weight excluding hydrogens is 198 g/mol. The molecule has 1 rings (SSSR count). The van der Waals surface area contributed by atoms with Gasteiger partial charge in [0.25, 0.3) is 0 Å². The highest BCUT2D eigenvalue weighted by Gasteiger charge is 2.34. The van der Waals surface area contributed by atoms with E-state index in [0.29, 0.717) is 6.07 Å². The molecule has 0 saturated carbocycles. The van der Waals surface area contributed by atoms with Crippen molar-refractivity contribution in [3.63, 3.8) is 0 Å². The van der Waals surface area contributed by atoms with Gasteiger partial charge in [-0.15, -0.1) is 0 Å². The molecule has 5 heteroatoms. The molecule has 14 heavy (non-hydrogen) atoms. The lowest BCUT2D eigenvalue weighted by Gasteiger charge is -2.08. The Morgan fingerprint density at radius 2 is 1.93 bits per heavy atom. The van der Waals surface area contributed by atoms with E-state index in [-0.39, 0.29) is 12.1 Å². The summed E-state index contributed by atoms with van der Waals surface area (Å²) in [5.74, 6) is -1.35. The predicted octanol–water partition coefficient (Wildman–Crippen LogP) is 3.26. The summed E-state index contributed by atoms with van der Waals surface area (Å²) in [7, 11) is 0. The molecule has 1 nitrogen and oxygen atoms in total. The highest BCUT2D eigenvalue weighted by Crippen LogP contribution is 2.32. The number of halogens is 4. The summed E-state index contributed by atoms with van der Waals surface area (Å²) in [6.45, 7) is 6.06. The minimum atomic E-state index is -4.71. The van der Waals surface area contributed by atoms with Crippen LogP contribution < -0.4 is 0 Å². The zero-order chi connectivity index (χ0) is 10.8. The fourth-order valence-corrected chi connectivity index (χ4v) is 1.01. The molecule has 0 amide bonds. The van der Waals surface area contributed by atoms with Crippen LogP contribution in [0.4, 0.5) is 17.6 Å². The van der Waals surface area contributed by atoms with E-state index < -0.39 is 17.6 Å². The van der Waals surface area contributed by atoms with Crippen LogP contribution in [0.1, 0.15) is 11.1 Å². The summed E-state index contributed by atoms with van der Waals surface area (Å²) >= 11 is 0. The van der Waals surface area contributed by atoms with Gasteiger partial charge in [-0.25, -0.2) is 11.0 Å². The average molecular weight is 203 g/mol. The van der Waals surface area contributed by atoms with Crippen LogP contribution in [0.2, 0.25) is 0 Å². The summed E-state index contributed by atoms with van der Waals surface area (Å²) in [5, 5.41) is 0. The molecule has 0 aliphatic carbocycles. The molecule has 0 saturated heterocycles. The lowest BCUT2D eigenvalue weighted by molar-refractivity contribution is -0.140. The zero-order valence-corrected chi connectivity index (χ0v) is 6.90. The second kappa shape index (κ2) is 3.66. The van der Waals surface area contributed by atoms with Crippen LogP contribution in [-0.2, 0) is 12.7 Å². The van der Waals surface area contributed by atoms with Crippen molar-refractivity contribution in [2.24, 2.45) is 0 Å². The summed E-state index contributed by atoms with van der Waals surface area (Å²) in [4.78, 5) is 2.83. The molecule has 0 aliphatic heterocycles. The molecule has 0 aliphatic rings. The molecule has 0 heterocycles. The maximum absolute atomic E-state index is 13.1. The molecule has 0 radical (unpaired) electrons. The van der Waals surface area contributed by atoms with E-state index in [1.165, 1.54) is 6.07 Å². The van der Waals surface area contributed by atoms with E-state index in [9.17, 15) is 17.6 Å². The monoisotopic (exact) mass is 203 g/mol. The number of hydrogen-bond donors (Lipinski definition) is 0. The number of alkyl halides is 3. The number of nitrogens with zero attached hydrogens (tertiary/aromatic N) is 1. The first-order valence-corrected chi connectivity index (χ1v) is 3.64. The third kappa shape index (κ3) is 2.02. The van der Waals surface area contributed by atoms with E-state index in [0.717, 1.165) is 6.07 Å². The van der Waals surface area contributed by atoms with E-state index in [1.807, 2.05) is 0 Å². The smallest absolute Gasteiger partial charge is 0.312 e. The molecule has 0 bridgehead atoms. The first-order valence-electron chi connectivity index (χ1n) is 3.64. The van der Waals surface area contributed by atoms with Crippen LogP contribution in [-0.4, -0.2) is 0 Å². The van der Waals surface area contributed by atoms with Crippen molar-refractivity contribution in [1.29, 1.82) is 0 Å². The van der Waals surface area contributed by atoms with Crippen molar-refractivity contribution in [2.75, 3.05) is 0 Å². The van der Waals surface area contributed by atoms with Crippen LogP contribution in [0.5, 0.6) is 0 Å². The van der Waals surface area contributed by atoms with Gasteiger partial charge in [-0.1, -0.05) is 6.07 Å². The predicted molar refractivity (Wildman–Crippen MR) is 41.7 cm³/mol. The second-order valence-electron chi connectivity index (χ2n) is 2.59. The molecule has 0 aromatic heterocycles. The Labute approximate surface area is 77.8 Å². The van der Waals surface area contributed by atoms with Crippen LogP contribution in [0, 0.1) is 12.4 Å². The van der Waals surface area contributed by atoms with Gasteiger partial charge in [-0.05, 0) is 12.1 Å². The first-order chi connectivity index (χ1) is 6.46. The van der Waals surface area contributed by atoms with E-state index in [1.54, 1.807) is 0 Å². The Morgan fingerprint density at radius 1 is 1.29 bits per heavy atom. The Bertz CT molecular complexity index is 375.